The molecule has 86 valence electrons. The Kier molecular flexibility index (Phi) is 5.20. The van der Waals surface area contributed by atoms with Crippen LogP contribution in [0.2, 0.25) is 0 Å². The van der Waals surface area contributed by atoms with E-state index < -0.39 is 10.2 Å². The fraction of sp³-hybridized carbons (Fsp3) is 0.571. The lowest BCUT2D eigenvalue weighted by Crippen LogP contribution is -2.68. The third-order valence-corrected chi connectivity index (χ3v) is 5.99. The Balaban J connectivity index is 0.000000195. The van der Waals surface area contributed by atoms with Crippen molar-refractivity contribution in [1.82, 2.24) is 0 Å². The van der Waals surface area contributed by atoms with Crippen LogP contribution in [-0.2, 0) is 12.8 Å². The molecule has 4 nitrogen and oxygen atoms in total. The van der Waals surface area contributed by atoms with Gasteiger partial charge >= 0.3 is 10.3 Å². The SMILES string of the molecule is CSc1[s+]sc2c1CCC2.[O-][Cl+3]([O-])([O-])[O-]. The van der Waals surface area contributed by atoms with E-state index in [1.807, 2.05) is 32.4 Å². The molecule has 0 saturated carbocycles. The van der Waals surface area contributed by atoms with Gasteiger partial charge in [0.1, 0.15) is 0 Å². The highest BCUT2D eigenvalue weighted by Crippen LogP contribution is 2.40. The molecule has 0 bridgehead atoms. The van der Waals surface area contributed by atoms with E-state index in [0.717, 1.165) is 0 Å². The number of aryl methyl sites for hydroxylation is 1. The summed E-state index contributed by atoms with van der Waals surface area (Å²) in [7, 11) is -1.00. The van der Waals surface area contributed by atoms with Crippen LogP contribution in [0.3, 0.4) is 0 Å². The zero-order valence-corrected chi connectivity index (χ0v) is 11.1. The van der Waals surface area contributed by atoms with Crippen LogP contribution in [0.5, 0.6) is 0 Å². The molecule has 0 spiro atoms. The Hall–Kier alpha value is 0.530. The molecule has 8 heteroatoms. The molecule has 2 rings (SSSR count). The number of rotatable bonds is 1. The van der Waals surface area contributed by atoms with Crippen molar-refractivity contribution >= 4 is 32.4 Å². The van der Waals surface area contributed by atoms with Gasteiger partial charge in [-0.05, 0) is 25.5 Å². The van der Waals surface area contributed by atoms with E-state index in [0.29, 0.717) is 0 Å². The number of hydrogen-bond donors (Lipinski definition) is 0. The summed E-state index contributed by atoms with van der Waals surface area (Å²) in [5.74, 6) is 0. The Labute approximate surface area is 101 Å². The van der Waals surface area contributed by atoms with Crippen molar-refractivity contribution in [3.8, 4) is 0 Å². The molecule has 0 aromatic carbocycles. The largest absolute Gasteiger partial charge is 0.307 e. The average Bonchev–Trinajstić information content (AvgIpc) is 2.59. The highest BCUT2D eigenvalue weighted by molar-refractivity contribution is 8.02. The molecule has 1 aromatic heterocycles. The van der Waals surface area contributed by atoms with Crippen molar-refractivity contribution in [2.45, 2.75) is 23.5 Å². The van der Waals surface area contributed by atoms with Gasteiger partial charge in [0.2, 0.25) is 0 Å². The van der Waals surface area contributed by atoms with Crippen LogP contribution in [0.1, 0.15) is 16.9 Å². The first-order valence-corrected chi connectivity index (χ1v) is 8.62. The highest BCUT2D eigenvalue weighted by atomic mass is 35.7. The van der Waals surface area contributed by atoms with Crippen LogP contribution < -0.4 is 18.6 Å². The maximum atomic E-state index is 8.49. The Morgan fingerprint density at radius 1 is 1.27 bits per heavy atom. The molecule has 0 amide bonds. The molecule has 1 heterocycles. The molecule has 0 unspecified atom stereocenters. The van der Waals surface area contributed by atoms with Crippen molar-refractivity contribution in [3.63, 3.8) is 0 Å². The van der Waals surface area contributed by atoms with Gasteiger partial charge in [0.25, 0.3) is 4.21 Å². The molecule has 1 aliphatic carbocycles. The zero-order chi connectivity index (χ0) is 11.5. The van der Waals surface area contributed by atoms with E-state index >= 15 is 0 Å². The minimum absolute atomic E-state index is 1.34. The maximum Gasteiger partial charge on any atom is 0.307 e. The molecule has 15 heavy (non-hydrogen) atoms. The summed E-state index contributed by atoms with van der Waals surface area (Å²) in [6.45, 7) is 0. The van der Waals surface area contributed by atoms with Gasteiger partial charge in [-0.15, -0.1) is 10.2 Å². The monoisotopic (exact) mass is 288 g/mol. The van der Waals surface area contributed by atoms with E-state index in [4.69, 9.17) is 18.6 Å². The topological polar surface area (TPSA) is 92.2 Å². The van der Waals surface area contributed by atoms with Crippen LogP contribution in [0.25, 0.3) is 0 Å². The standard InChI is InChI=1S/C7H9S3.ClHO4/c1-8-7-5-3-2-4-6(5)9-10-7;2-1(3,4)5/h2-4H2,1H3;(H,2,3,4,5)/q+1;/p-1. The number of halogens is 1. The predicted octanol–water partition coefficient (Wildman–Crippen LogP) is -1.45. The smallest absolute Gasteiger partial charge is 0.222 e. The average molecular weight is 289 g/mol. The second-order valence-corrected chi connectivity index (χ2v) is 6.86. The minimum Gasteiger partial charge on any atom is -0.222 e. The van der Waals surface area contributed by atoms with Gasteiger partial charge in [0.05, 0.1) is 4.88 Å². The summed E-state index contributed by atoms with van der Waals surface area (Å²) in [5.41, 5.74) is 1.67. The molecule has 0 radical (unpaired) electrons. The Bertz CT molecular complexity index is 317. The highest BCUT2D eigenvalue weighted by Gasteiger charge is 2.26. The van der Waals surface area contributed by atoms with Crippen molar-refractivity contribution in [1.29, 1.82) is 0 Å². The van der Waals surface area contributed by atoms with Gasteiger partial charge in [0, 0.05) is 5.56 Å². The summed E-state index contributed by atoms with van der Waals surface area (Å²) < 4.78 is 35.5. The molecule has 0 aliphatic heterocycles. The molecule has 0 fully saturated rings. The predicted molar refractivity (Wildman–Crippen MR) is 50.4 cm³/mol. The van der Waals surface area contributed by atoms with E-state index in [9.17, 15) is 0 Å². The maximum absolute atomic E-state index is 8.49. The van der Waals surface area contributed by atoms with Crippen LogP contribution >= 0.6 is 32.4 Å². The fourth-order valence-corrected chi connectivity index (χ4v) is 5.53. The van der Waals surface area contributed by atoms with Gasteiger partial charge in [-0.1, -0.05) is 11.8 Å². The van der Waals surface area contributed by atoms with Crippen LogP contribution in [0.15, 0.2) is 4.21 Å². The summed E-state index contributed by atoms with van der Waals surface area (Å²) in [5, 5.41) is 0. The summed E-state index contributed by atoms with van der Waals surface area (Å²) in [6, 6.07) is 0. The first-order valence-electron chi connectivity index (χ1n) is 4.01. The first kappa shape index (κ1) is 13.6. The van der Waals surface area contributed by atoms with Crippen molar-refractivity contribution in [3.05, 3.63) is 10.4 Å². The Morgan fingerprint density at radius 2 is 1.87 bits per heavy atom. The minimum atomic E-state index is -4.94. The number of hydrogen-bond acceptors (Lipinski definition) is 6. The number of thioether (sulfide) groups is 1. The van der Waals surface area contributed by atoms with E-state index in [1.54, 1.807) is 14.6 Å². The van der Waals surface area contributed by atoms with Gasteiger partial charge in [-0.2, -0.15) is 0 Å². The van der Waals surface area contributed by atoms with Crippen molar-refractivity contribution in [2.24, 2.45) is 0 Å². The lowest BCUT2D eigenvalue weighted by atomic mass is 10.3. The Morgan fingerprint density at radius 3 is 2.40 bits per heavy atom. The first-order chi connectivity index (χ1) is 6.92. The number of fused-ring (bicyclic) bond motifs is 1. The van der Waals surface area contributed by atoms with E-state index in [-0.39, 0.29) is 0 Å². The molecular weight excluding hydrogens is 280 g/mol. The van der Waals surface area contributed by atoms with Crippen LogP contribution in [0.4, 0.5) is 0 Å². The van der Waals surface area contributed by atoms with E-state index in [1.165, 1.54) is 19.3 Å². The third kappa shape index (κ3) is 4.92. The molecule has 1 aromatic rings. The molecule has 1 aliphatic rings. The molecular formula is C7H9ClO4S3. The summed E-state index contributed by atoms with van der Waals surface area (Å²) >= 11 is 1.91. The van der Waals surface area contributed by atoms with E-state index in [2.05, 4.69) is 6.26 Å². The summed E-state index contributed by atoms with van der Waals surface area (Å²) in [6.07, 6.45) is 6.25. The second-order valence-electron chi connectivity index (χ2n) is 2.79. The van der Waals surface area contributed by atoms with Crippen LogP contribution in [-0.4, -0.2) is 6.26 Å². The molecule has 0 N–H and O–H groups in total. The zero-order valence-electron chi connectivity index (χ0n) is 7.86. The van der Waals surface area contributed by atoms with Gasteiger partial charge in [-0.25, -0.2) is 18.6 Å². The summed E-state index contributed by atoms with van der Waals surface area (Å²) in [4.78, 5) is 1.66. The van der Waals surface area contributed by atoms with Gasteiger partial charge in [-0.3, -0.25) is 0 Å². The lowest BCUT2D eigenvalue weighted by molar-refractivity contribution is -2.00. The molecule has 0 saturated heterocycles. The van der Waals surface area contributed by atoms with Crippen molar-refractivity contribution < 1.29 is 28.9 Å². The normalized spacial score (nSPS) is 14.5. The quantitative estimate of drug-likeness (QED) is 0.358. The lowest BCUT2D eigenvalue weighted by Gasteiger charge is -2.17. The van der Waals surface area contributed by atoms with Gasteiger partial charge in [0.15, 0.2) is 10.3 Å². The van der Waals surface area contributed by atoms with Crippen LogP contribution in [0, 0.1) is 10.2 Å². The van der Waals surface area contributed by atoms with Gasteiger partial charge < -0.3 is 0 Å². The van der Waals surface area contributed by atoms with Crippen molar-refractivity contribution in [2.75, 3.05) is 6.26 Å². The molecule has 0 atom stereocenters. The third-order valence-electron chi connectivity index (χ3n) is 1.82. The second kappa shape index (κ2) is 5.74. The fourth-order valence-electron chi connectivity index (χ4n) is 1.32.